The third kappa shape index (κ3) is 1.85. The highest BCUT2D eigenvalue weighted by molar-refractivity contribution is 7.13. The van der Waals surface area contributed by atoms with Crippen LogP contribution < -0.4 is 0 Å². The Morgan fingerprint density at radius 3 is 1.70 bits per heavy atom. The van der Waals surface area contributed by atoms with E-state index < -0.39 is 0 Å². The SMILES string of the molecule is c1cc(-c2nccs2)c2c(-c3nccs3)cccc2c1. The van der Waals surface area contributed by atoms with E-state index in [1.807, 2.05) is 23.2 Å². The van der Waals surface area contributed by atoms with Crippen molar-refractivity contribution in [2.45, 2.75) is 0 Å². The summed E-state index contributed by atoms with van der Waals surface area (Å²) in [7, 11) is 0. The van der Waals surface area contributed by atoms with Gasteiger partial charge in [-0.1, -0.05) is 36.4 Å². The smallest absolute Gasteiger partial charge is 0.123 e. The van der Waals surface area contributed by atoms with E-state index in [9.17, 15) is 0 Å². The minimum absolute atomic E-state index is 1.06. The Kier molecular flexibility index (Phi) is 2.83. The van der Waals surface area contributed by atoms with Gasteiger partial charge in [0.2, 0.25) is 0 Å². The number of hydrogen-bond donors (Lipinski definition) is 0. The molecule has 0 fully saturated rings. The number of aromatic nitrogens is 2. The predicted molar refractivity (Wildman–Crippen MR) is 86.2 cm³/mol. The molecule has 96 valence electrons. The van der Waals surface area contributed by atoms with E-state index in [1.54, 1.807) is 22.7 Å². The molecule has 0 saturated heterocycles. The molecule has 0 radical (unpaired) electrons. The van der Waals surface area contributed by atoms with Gasteiger partial charge in [0.15, 0.2) is 0 Å². The molecule has 0 unspecified atom stereocenters. The standard InChI is InChI=1S/C16H10N2S2/c1-3-11-4-2-6-13(16-18-8-10-20-16)14(11)12(5-1)15-17-7-9-19-15/h1-10H. The molecular formula is C16H10N2S2. The second-order valence-corrected chi connectivity index (χ2v) is 6.17. The van der Waals surface area contributed by atoms with Gasteiger partial charge < -0.3 is 0 Å². The van der Waals surface area contributed by atoms with Crippen LogP contribution in [-0.2, 0) is 0 Å². The van der Waals surface area contributed by atoms with Crippen LogP contribution >= 0.6 is 22.7 Å². The van der Waals surface area contributed by atoms with Gasteiger partial charge in [0.1, 0.15) is 10.0 Å². The van der Waals surface area contributed by atoms with Crippen LogP contribution in [0.1, 0.15) is 0 Å². The van der Waals surface area contributed by atoms with E-state index in [0.717, 1.165) is 10.0 Å². The lowest BCUT2D eigenvalue weighted by Crippen LogP contribution is -1.85. The van der Waals surface area contributed by atoms with Gasteiger partial charge in [-0.3, -0.25) is 0 Å². The maximum absolute atomic E-state index is 4.46. The van der Waals surface area contributed by atoms with E-state index in [0.29, 0.717) is 0 Å². The molecule has 0 spiro atoms. The van der Waals surface area contributed by atoms with E-state index >= 15 is 0 Å². The van der Waals surface area contributed by atoms with Gasteiger partial charge in [-0.25, -0.2) is 9.97 Å². The van der Waals surface area contributed by atoms with Crippen molar-refractivity contribution in [3.05, 3.63) is 59.6 Å². The van der Waals surface area contributed by atoms with Gasteiger partial charge in [0.25, 0.3) is 0 Å². The fourth-order valence-electron chi connectivity index (χ4n) is 2.41. The number of nitrogens with zero attached hydrogens (tertiary/aromatic N) is 2. The normalized spacial score (nSPS) is 11.0. The molecule has 2 nitrogen and oxygen atoms in total. The van der Waals surface area contributed by atoms with Gasteiger partial charge in [0.05, 0.1) is 0 Å². The van der Waals surface area contributed by atoms with Crippen LogP contribution in [-0.4, -0.2) is 9.97 Å². The van der Waals surface area contributed by atoms with E-state index in [2.05, 4.69) is 46.4 Å². The van der Waals surface area contributed by atoms with Gasteiger partial charge in [-0.2, -0.15) is 0 Å². The topological polar surface area (TPSA) is 25.8 Å². The van der Waals surface area contributed by atoms with Crippen molar-refractivity contribution in [1.29, 1.82) is 0 Å². The maximum Gasteiger partial charge on any atom is 0.123 e. The predicted octanol–water partition coefficient (Wildman–Crippen LogP) is 5.09. The number of thiazole rings is 2. The minimum Gasteiger partial charge on any atom is -0.245 e. The van der Waals surface area contributed by atoms with E-state index in [-0.39, 0.29) is 0 Å². The number of benzene rings is 2. The second-order valence-electron chi connectivity index (χ2n) is 4.38. The summed E-state index contributed by atoms with van der Waals surface area (Å²) in [5.41, 5.74) is 2.37. The Morgan fingerprint density at radius 1 is 0.700 bits per heavy atom. The average Bonchev–Trinajstić information content (AvgIpc) is 3.19. The third-order valence-corrected chi connectivity index (χ3v) is 4.84. The van der Waals surface area contributed by atoms with Crippen molar-refractivity contribution in [3.63, 3.8) is 0 Å². The summed E-state index contributed by atoms with van der Waals surface area (Å²) >= 11 is 3.34. The van der Waals surface area contributed by atoms with Gasteiger partial charge in [-0.15, -0.1) is 22.7 Å². The lowest BCUT2D eigenvalue weighted by Gasteiger charge is -2.08. The lowest BCUT2D eigenvalue weighted by atomic mass is 10.00. The molecule has 0 aliphatic rings. The molecule has 2 aromatic heterocycles. The summed E-state index contributed by atoms with van der Waals surface area (Å²) in [5.74, 6) is 0. The first-order valence-corrected chi connectivity index (χ1v) is 8.01. The molecule has 4 heteroatoms. The Hall–Kier alpha value is -2.04. The van der Waals surface area contributed by atoms with Crippen LogP contribution in [0.5, 0.6) is 0 Å². The third-order valence-electron chi connectivity index (χ3n) is 3.23. The van der Waals surface area contributed by atoms with Crippen molar-refractivity contribution in [2.24, 2.45) is 0 Å². The van der Waals surface area contributed by atoms with Crippen molar-refractivity contribution in [3.8, 4) is 21.1 Å². The molecule has 4 aromatic rings. The molecule has 20 heavy (non-hydrogen) atoms. The van der Waals surface area contributed by atoms with Gasteiger partial charge >= 0.3 is 0 Å². The molecule has 0 saturated carbocycles. The van der Waals surface area contributed by atoms with Crippen molar-refractivity contribution in [1.82, 2.24) is 9.97 Å². The fraction of sp³-hybridized carbons (Fsp3) is 0. The quantitative estimate of drug-likeness (QED) is 0.515. The van der Waals surface area contributed by atoms with E-state index in [1.165, 1.54) is 21.9 Å². The molecule has 0 aliphatic carbocycles. The van der Waals surface area contributed by atoms with E-state index in [4.69, 9.17) is 0 Å². The number of fused-ring (bicyclic) bond motifs is 1. The summed E-state index contributed by atoms with van der Waals surface area (Å²) in [6.07, 6.45) is 3.70. The van der Waals surface area contributed by atoms with Crippen LogP contribution in [0.2, 0.25) is 0 Å². The van der Waals surface area contributed by atoms with Crippen LogP contribution in [0.25, 0.3) is 31.9 Å². The zero-order valence-corrected chi connectivity index (χ0v) is 12.1. The molecule has 0 atom stereocenters. The van der Waals surface area contributed by atoms with Crippen molar-refractivity contribution in [2.75, 3.05) is 0 Å². The van der Waals surface area contributed by atoms with Crippen LogP contribution in [0.3, 0.4) is 0 Å². The zero-order valence-electron chi connectivity index (χ0n) is 10.5. The minimum atomic E-state index is 1.06. The molecule has 2 aromatic carbocycles. The van der Waals surface area contributed by atoms with Gasteiger partial charge in [-0.05, 0) is 5.39 Å². The molecule has 0 amide bonds. The first-order chi connectivity index (χ1) is 9.93. The first kappa shape index (κ1) is 11.8. The first-order valence-electron chi connectivity index (χ1n) is 6.25. The monoisotopic (exact) mass is 294 g/mol. The molecular weight excluding hydrogens is 284 g/mol. The lowest BCUT2D eigenvalue weighted by molar-refractivity contribution is 1.41. The van der Waals surface area contributed by atoms with Crippen LogP contribution in [0.4, 0.5) is 0 Å². The van der Waals surface area contributed by atoms with Crippen molar-refractivity contribution < 1.29 is 0 Å². The second kappa shape index (κ2) is 4.81. The highest BCUT2D eigenvalue weighted by Gasteiger charge is 2.12. The molecule has 4 rings (SSSR count). The fourth-order valence-corrected chi connectivity index (χ4v) is 3.75. The average molecular weight is 294 g/mol. The summed E-state index contributed by atoms with van der Waals surface area (Å²) in [6, 6.07) is 12.7. The summed E-state index contributed by atoms with van der Waals surface area (Å²) < 4.78 is 0. The maximum atomic E-state index is 4.46. The molecule has 0 aliphatic heterocycles. The molecule has 0 N–H and O–H groups in total. The Balaban J connectivity index is 2.11. The van der Waals surface area contributed by atoms with Gasteiger partial charge in [0, 0.05) is 39.7 Å². The van der Waals surface area contributed by atoms with Crippen LogP contribution in [0, 0.1) is 0 Å². The summed E-state index contributed by atoms with van der Waals surface area (Å²) in [6.45, 7) is 0. The largest absolute Gasteiger partial charge is 0.245 e. The zero-order chi connectivity index (χ0) is 13.4. The highest BCUT2D eigenvalue weighted by Crippen LogP contribution is 2.37. The van der Waals surface area contributed by atoms with Crippen LogP contribution in [0.15, 0.2) is 59.6 Å². The summed E-state index contributed by atoms with van der Waals surface area (Å²) in [5, 5.41) is 8.60. The Labute approximate surface area is 124 Å². The van der Waals surface area contributed by atoms with Crippen molar-refractivity contribution >= 4 is 33.4 Å². The number of hydrogen-bond acceptors (Lipinski definition) is 4. The number of rotatable bonds is 2. The highest BCUT2D eigenvalue weighted by atomic mass is 32.1. The molecule has 2 heterocycles. The summed E-state index contributed by atoms with van der Waals surface area (Å²) in [4.78, 5) is 8.92. The Bertz CT molecular complexity index is 780. The molecule has 0 bridgehead atoms. The Morgan fingerprint density at radius 2 is 1.25 bits per heavy atom.